The van der Waals surface area contributed by atoms with Crippen LogP contribution in [0.2, 0.25) is 0 Å². The Morgan fingerprint density at radius 2 is 2.32 bits per heavy atom. The van der Waals surface area contributed by atoms with Gasteiger partial charge in [-0.1, -0.05) is 11.3 Å². The molecule has 0 spiro atoms. The van der Waals surface area contributed by atoms with Crippen molar-refractivity contribution in [1.29, 1.82) is 0 Å². The maximum absolute atomic E-state index is 13.1. The molecule has 1 aliphatic heterocycles. The predicted molar refractivity (Wildman–Crippen MR) is 67.7 cm³/mol. The third-order valence-electron chi connectivity index (χ3n) is 3.04. The van der Waals surface area contributed by atoms with Crippen molar-refractivity contribution in [3.05, 3.63) is 24.0 Å². The number of thiazole rings is 1. The van der Waals surface area contributed by atoms with Crippen LogP contribution in [0.1, 0.15) is 6.42 Å². The first-order valence-electron chi connectivity index (χ1n) is 5.64. The molecule has 1 N–H and O–H groups in total. The number of nitrogens with zero attached hydrogens (tertiary/aromatic N) is 2. The fourth-order valence-corrected chi connectivity index (χ4v) is 3.08. The normalized spacial score (nSPS) is 19.3. The number of anilines is 1. The van der Waals surface area contributed by atoms with Crippen molar-refractivity contribution in [2.45, 2.75) is 6.42 Å². The van der Waals surface area contributed by atoms with Gasteiger partial charge in [0.2, 0.25) is 5.91 Å². The quantitative estimate of drug-likeness (QED) is 0.911. The van der Waals surface area contributed by atoms with Gasteiger partial charge in [0.05, 0.1) is 16.1 Å². The number of aromatic nitrogens is 1. The first-order chi connectivity index (χ1) is 9.04. The fourth-order valence-electron chi connectivity index (χ4n) is 2.06. The molecule has 1 amide bonds. The van der Waals surface area contributed by atoms with E-state index in [1.54, 1.807) is 6.07 Å². The number of benzene rings is 1. The van der Waals surface area contributed by atoms with Gasteiger partial charge in [0, 0.05) is 13.0 Å². The molecule has 1 aliphatic rings. The van der Waals surface area contributed by atoms with E-state index in [9.17, 15) is 14.0 Å². The predicted octanol–water partition coefficient (Wildman–Crippen LogP) is 1.87. The first kappa shape index (κ1) is 12.0. The van der Waals surface area contributed by atoms with Crippen LogP contribution in [0.5, 0.6) is 0 Å². The highest BCUT2D eigenvalue weighted by Crippen LogP contribution is 2.33. The number of amides is 1. The van der Waals surface area contributed by atoms with Crippen LogP contribution in [0.15, 0.2) is 18.2 Å². The van der Waals surface area contributed by atoms with Gasteiger partial charge in [-0.15, -0.1) is 0 Å². The molecule has 1 saturated heterocycles. The molecule has 0 bridgehead atoms. The minimum atomic E-state index is -0.983. The van der Waals surface area contributed by atoms with Crippen LogP contribution in [0.3, 0.4) is 0 Å². The molecule has 3 rings (SSSR count). The number of aliphatic carboxylic acids is 1. The molecule has 7 heteroatoms. The van der Waals surface area contributed by atoms with E-state index in [1.807, 2.05) is 0 Å². The highest BCUT2D eigenvalue weighted by atomic mass is 32.1. The number of carbonyl (C=O) groups is 2. The maximum Gasteiger partial charge on any atom is 0.308 e. The van der Waals surface area contributed by atoms with Crippen molar-refractivity contribution in [2.75, 3.05) is 11.4 Å². The zero-order chi connectivity index (χ0) is 13.6. The standard InChI is InChI=1S/C12H9FN2O3S/c13-7-1-2-8-9(4-7)19-12(14-8)15-5-6(11(17)18)3-10(15)16/h1-2,4,6H,3,5H2,(H,17,18). The molecule has 0 saturated carbocycles. The van der Waals surface area contributed by atoms with E-state index in [0.717, 1.165) is 0 Å². The van der Waals surface area contributed by atoms with Crippen LogP contribution in [0, 0.1) is 11.7 Å². The van der Waals surface area contributed by atoms with Gasteiger partial charge in [-0.25, -0.2) is 9.37 Å². The number of carboxylic acids is 1. The van der Waals surface area contributed by atoms with Crippen LogP contribution in [-0.4, -0.2) is 28.5 Å². The summed E-state index contributed by atoms with van der Waals surface area (Å²) in [5.41, 5.74) is 0.605. The lowest BCUT2D eigenvalue weighted by atomic mass is 10.1. The van der Waals surface area contributed by atoms with E-state index in [0.29, 0.717) is 15.3 Å². The van der Waals surface area contributed by atoms with Crippen LogP contribution < -0.4 is 4.90 Å². The molecule has 2 heterocycles. The topological polar surface area (TPSA) is 70.5 Å². The minimum Gasteiger partial charge on any atom is -0.481 e. The van der Waals surface area contributed by atoms with E-state index in [4.69, 9.17) is 5.11 Å². The highest BCUT2D eigenvalue weighted by Gasteiger charge is 2.36. The molecule has 2 aromatic rings. The Morgan fingerprint density at radius 1 is 1.53 bits per heavy atom. The van der Waals surface area contributed by atoms with Crippen LogP contribution in [0.4, 0.5) is 9.52 Å². The summed E-state index contributed by atoms with van der Waals surface area (Å²) in [5.74, 6) is -2.30. The maximum atomic E-state index is 13.1. The Kier molecular flexibility index (Phi) is 2.70. The second-order valence-electron chi connectivity index (χ2n) is 4.35. The van der Waals surface area contributed by atoms with Gasteiger partial charge < -0.3 is 5.11 Å². The molecule has 1 aromatic heterocycles. The lowest BCUT2D eigenvalue weighted by molar-refractivity contribution is -0.141. The number of hydrogen-bond donors (Lipinski definition) is 1. The van der Waals surface area contributed by atoms with E-state index in [2.05, 4.69) is 4.98 Å². The summed E-state index contributed by atoms with van der Waals surface area (Å²) in [6, 6.07) is 4.20. The number of halogens is 1. The Hall–Kier alpha value is -2.02. The van der Waals surface area contributed by atoms with Crippen LogP contribution in [0.25, 0.3) is 10.2 Å². The fraction of sp³-hybridized carbons (Fsp3) is 0.250. The number of rotatable bonds is 2. The Labute approximate surface area is 111 Å². The Bertz CT molecular complexity index is 685. The monoisotopic (exact) mass is 280 g/mol. The SMILES string of the molecule is O=C(O)C1CC(=O)N(c2nc3ccc(F)cc3s2)C1. The van der Waals surface area contributed by atoms with Crippen molar-refractivity contribution in [3.63, 3.8) is 0 Å². The smallest absolute Gasteiger partial charge is 0.308 e. The van der Waals surface area contributed by atoms with Crippen molar-refractivity contribution in [1.82, 2.24) is 4.98 Å². The summed E-state index contributed by atoms with van der Waals surface area (Å²) in [6.07, 6.45) is -0.0143. The molecular weight excluding hydrogens is 271 g/mol. The lowest BCUT2D eigenvalue weighted by Gasteiger charge is -2.10. The van der Waals surface area contributed by atoms with Gasteiger partial charge >= 0.3 is 5.97 Å². The number of hydrogen-bond acceptors (Lipinski definition) is 4. The average molecular weight is 280 g/mol. The van der Waals surface area contributed by atoms with Gasteiger partial charge in [-0.2, -0.15) is 0 Å². The summed E-state index contributed by atoms with van der Waals surface area (Å²) in [5, 5.41) is 9.35. The van der Waals surface area contributed by atoms with E-state index >= 15 is 0 Å². The van der Waals surface area contributed by atoms with Crippen molar-refractivity contribution >= 4 is 38.6 Å². The van der Waals surface area contributed by atoms with E-state index in [-0.39, 0.29) is 24.7 Å². The van der Waals surface area contributed by atoms with Crippen molar-refractivity contribution < 1.29 is 19.1 Å². The minimum absolute atomic E-state index is 0.0143. The summed E-state index contributed by atoms with van der Waals surface area (Å²) >= 11 is 1.19. The number of carbonyl (C=O) groups excluding carboxylic acids is 1. The molecule has 19 heavy (non-hydrogen) atoms. The zero-order valence-corrected chi connectivity index (χ0v) is 10.5. The van der Waals surface area contributed by atoms with Crippen LogP contribution in [-0.2, 0) is 9.59 Å². The summed E-state index contributed by atoms with van der Waals surface area (Å²) in [4.78, 5) is 28.3. The number of carboxylic acid groups (broad SMARTS) is 1. The molecule has 1 aromatic carbocycles. The average Bonchev–Trinajstić information content (AvgIpc) is 2.91. The first-order valence-corrected chi connectivity index (χ1v) is 6.45. The highest BCUT2D eigenvalue weighted by molar-refractivity contribution is 7.22. The molecular formula is C12H9FN2O3S. The Balaban J connectivity index is 1.96. The third-order valence-corrected chi connectivity index (χ3v) is 4.09. The molecule has 1 atom stereocenters. The summed E-state index contributed by atoms with van der Waals surface area (Å²) in [6.45, 7) is 0.121. The van der Waals surface area contributed by atoms with Crippen molar-refractivity contribution in [3.8, 4) is 0 Å². The van der Waals surface area contributed by atoms with E-state index in [1.165, 1.54) is 28.4 Å². The molecule has 5 nitrogen and oxygen atoms in total. The van der Waals surface area contributed by atoms with Crippen LogP contribution >= 0.6 is 11.3 Å². The number of fused-ring (bicyclic) bond motifs is 1. The van der Waals surface area contributed by atoms with Gasteiger partial charge in [-0.05, 0) is 18.2 Å². The molecule has 1 fully saturated rings. The summed E-state index contributed by atoms with van der Waals surface area (Å²) in [7, 11) is 0. The van der Waals surface area contributed by atoms with Gasteiger partial charge in [-0.3, -0.25) is 14.5 Å². The second kappa shape index (κ2) is 4.27. The molecule has 98 valence electrons. The van der Waals surface area contributed by atoms with Gasteiger partial charge in [0.1, 0.15) is 5.82 Å². The van der Waals surface area contributed by atoms with Gasteiger partial charge in [0.15, 0.2) is 5.13 Å². The third kappa shape index (κ3) is 2.06. The molecule has 0 aliphatic carbocycles. The summed E-state index contributed by atoms with van der Waals surface area (Å²) < 4.78 is 13.7. The van der Waals surface area contributed by atoms with E-state index < -0.39 is 11.9 Å². The van der Waals surface area contributed by atoms with Crippen molar-refractivity contribution in [2.24, 2.45) is 5.92 Å². The largest absolute Gasteiger partial charge is 0.481 e. The lowest BCUT2D eigenvalue weighted by Crippen LogP contribution is -2.25. The molecule has 0 radical (unpaired) electrons. The molecule has 1 unspecified atom stereocenters. The zero-order valence-electron chi connectivity index (χ0n) is 9.67. The second-order valence-corrected chi connectivity index (χ2v) is 5.36. The Morgan fingerprint density at radius 3 is 3.00 bits per heavy atom. The van der Waals surface area contributed by atoms with Gasteiger partial charge in [0.25, 0.3) is 0 Å².